The van der Waals surface area contributed by atoms with Crippen LogP contribution in [-0.4, -0.2) is 9.38 Å². The first-order valence-electron chi connectivity index (χ1n) is 14.0. The summed E-state index contributed by atoms with van der Waals surface area (Å²) in [6.45, 7) is 0. The van der Waals surface area contributed by atoms with Gasteiger partial charge in [-0.05, 0) is 73.1 Å². The molecule has 0 bridgehead atoms. The van der Waals surface area contributed by atoms with Gasteiger partial charge < -0.3 is 4.40 Å². The molecule has 0 atom stereocenters. The quantitative estimate of drug-likeness (QED) is 0.210. The highest BCUT2D eigenvalue weighted by atomic mass is 15.0. The van der Waals surface area contributed by atoms with E-state index >= 15 is 0 Å². The fraction of sp³-hybridized carbons (Fsp3) is 0. The van der Waals surface area contributed by atoms with E-state index in [1.54, 1.807) is 0 Å². The Labute approximate surface area is 238 Å². The van der Waals surface area contributed by atoms with Crippen molar-refractivity contribution in [3.8, 4) is 44.6 Å². The maximum absolute atomic E-state index is 4.80. The van der Waals surface area contributed by atoms with Crippen LogP contribution >= 0.6 is 0 Å². The molecule has 0 aliphatic rings. The van der Waals surface area contributed by atoms with E-state index in [2.05, 4.69) is 138 Å². The molecule has 2 aromatic heterocycles. The first-order chi connectivity index (χ1) is 20.3. The molecule has 2 heteroatoms. The lowest BCUT2D eigenvalue weighted by Crippen LogP contribution is -1.91. The van der Waals surface area contributed by atoms with Gasteiger partial charge in [0.25, 0.3) is 0 Å². The molecule has 0 spiro atoms. The van der Waals surface area contributed by atoms with Crippen molar-refractivity contribution < 1.29 is 0 Å². The fourth-order valence-corrected chi connectivity index (χ4v) is 6.10. The van der Waals surface area contributed by atoms with Gasteiger partial charge in [-0.3, -0.25) is 0 Å². The Balaban J connectivity index is 1.34. The highest BCUT2D eigenvalue weighted by molar-refractivity contribution is 6.21. The minimum Gasteiger partial charge on any atom is -0.306 e. The average Bonchev–Trinajstić information content (AvgIpc) is 3.49. The van der Waals surface area contributed by atoms with Crippen molar-refractivity contribution in [3.05, 3.63) is 158 Å². The zero-order chi connectivity index (χ0) is 27.2. The van der Waals surface area contributed by atoms with Crippen LogP contribution in [0.15, 0.2) is 158 Å². The van der Waals surface area contributed by atoms with E-state index in [0.717, 1.165) is 16.9 Å². The molecule has 0 saturated carbocycles. The molecule has 0 amide bonds. The topological polar surface area (TPSA) is 17.3 Å². The summed E-state index contributed by atoms with van der Waals surface area (Å²) in [5.74, 6) is 0. The molecule has 0 N–H and O–H groups in total. The van der Waals surface area contributed by atoms with Gasteiger partial charge >= 0.3 is 0 Å². The van der Waals surface area contributed by atoms with Crippen LogP contribution in [0.2, 0.25) is 0 Å². The molecule has 6 aromatic carbocycles. The van der Waals surface area contributed by atoms with Crippen molar-refractivity contribution in [1.82, 2.24) is 9.38 Å². The van der Waals surface area contributed by atoms with Crippen LogP contribution in [-0.2, 0) is 0 Å². The second-order valence-electron chi connectivity index (χ2n) is 10.5. The van der Waals surface area contributed by atoms with Crippen LogP contribution in [0.25, 0.3) is 71.8 Å². The monoisotopic (exact) mass is 522 g/mol. The Hall–Kier alpha value is -5.47. The number of rotatable bonds is 4. The van der Waals surface area contributed by atoms with Crippen molar-refractivity contribution in [3.63, 3.8) is 0 Å². The Morgan fingerprint density at radius 3 is 1.59 bits per heavy atom. The molecule has 2 nitrogen and oxygen atoms in total. The average molecular weight is 523 g/mol. The number of hydrogen-bond acceptors (Lipinski definition) is 1. The summed E-state index contributed by atoms with van der Waals surface area (Å²) in [6, 6.07) is 52.2. The van der Waals surface area contributed by atoms with Crippen LogP contribution in [0.3, 0.4) is 0 Å². The Bertz CT molecular complexity index is 2140. The van der Waals surface area contributed by atoms with Crippen LogP contribution < -0.4 is 0 Å². The molecule has 8 rings (SSSR count). The van der Waals surface area contributed by atoms with Crippen LogP contribution in [0.5, 0.6) is 0 Å². The molecular formula is C39H26N2. The first-order valence-corrected chi connectivity index (χ1v) is 14.0. The van der Waals surface area contributed by atoms with Crippen molar-refractivity contribution in [1.29, 1.82) is 0 Å². The molecule has 0 aliphatic heterocycles. The van der Waals surface area contributed by atoms with Gasteiger partial charge in [0.2, 0.25) is 0 Å². The standard InChI is InChI=1S/C39H26N2/c1-3-11-29(12-4-1)38-32-15-7-8-16-33(32)39(30-13-5-2-6-14-30)35-25-31(22-23-34(35)38)27-18-20-28(21-19-27)36-26-41-24-10-9-17-37(41)40-36/h1-26H. The predicted molar refractivity (Wildman–Crippen MR) is 172 cm³/mol. The Kier molecular flexibility index (Phi) is 5.49. The largest absolute Gasteiger partial charge is 0.306 e. The molecule has 192 valence electrons. The molecule has 2 heterocycles. The van der Waals surface area contributed by atoms with E-state index in [4.69, 9.17) is 4.98 Å². The molecular weight excluding hydrogens is 496 g/mol. The number of pyridine rings is 1. The van der Waals surface area contributed by atoms with Gasteiger partial charge in [-0.25, -0.2) is 4.98 Å². The molecule has 0 aliphatic carbocycles. The summed E-state index contributed by atoms with van der Waals surface area (Å²) >= 11 is 0. The highest BCUT2D eigenvalue weighted by Gasteiger charge is 2.17. The molecule has 8 aromatic rings. The van der Waals surface area contributed by atoms with E-state index < -0.39 is 0 Å². The number of aromatic nitrogens is 2. The number of hydrogen-bond donors (Lipinski definition) is 0. The lowest BCUT2D eigenvalue weighted by atomic mass is 9.85. The number of nitrogens with zero attached hydrogens (tertiary/aromatic N) is 2. The second kappa shape index (κ2) is 9.62. The van der Waals surface area contributed by atoms with Gasteiger partial charge in [-0.2, -0.15) is 0 Å². The third kappa shape index (κ3) is 4.00. The summed E-state index contributed by atoms with van der Waals surface area (Å²) in [6.07, 6.45) is 4.12. The van der Waals surface area contributed by atoms with E-state index in [1.807, 2.05) is 24.4 Å². The van der Waals surface area contributed by atoms with E-state index in [9.17, 15) is 0 Å². The molecule has 41 heavy (non-hydrogen) atoms. The summed E-state index contributed by atoms with van der Waals surface area (Å²) in [5, 5.41) is 5.06. The van der Waals surface area contributed by atoms with Crippen LogP contribution in [0, 0.1) is 0 Å². The minimum atomic E-state index is 0.955. The lowest BCUT2D eigenvalue weighted by Gasteiger charge is -2.18. The first kappa shape index (κ1) is 23.4. The second-order valence-corrected chi connectivity index (χ2v) is 10.5. The van der Waals surface area contributed by atoms with E-state index in [1.165, 1.54) is 54.9 Å². The Morgan fingerprint density at radius 1 is 0.390 bits per heavy atom. The summed E-state index contributed by atoms with van der Waals surface area (Å²) in [7, 11) is 0. The SMILES string of the molecule is c1ccc(-c2c3ccccc3c(-c3ccccc3)c3cc(-c4ccc(-c5cn6ccccc6n5)cc4)ccc23)cc1. The predicted octanol–water partition coefficient (Wildman–Crippen LogP) is 10.3. The van der Waals surface area contributed by atoms with Gasteiger partial charge in [0.15, 0.2) is 0 Å². The van der Waals surface area contributed by atoms with Gasteiger partial charge in [0, 0.05) is 18.0 Å². The van der Waals surface area contributed by atoms with Crippen molar-refractivity contribution in [2.45, 2.75) is 0 Å². The van der Waals surface area contributed by atoms with Crippen LogP contribution in [0.1, 0.15) is 0 Å². The summed E-state index contributed by atoms with van der Waals surface area (Å²) in [5.41, 5.74) is 10.5. The van der Waals surface area contributed by atoms with Crippen molar-refractivity contribution in [2.24, 2.45) is 0 Å². The third-order valence-electron chi connectivity index (χ3n) is 8.03. The van der Waals surface area contributed by atoms with Gasteiger partial charge in [-0.1, -0.05) is 127 Å². The molecule has 0 saturated heterocycles. The molecule has 0 fully saturated rings. The van der Waals surface area contributed by atoms with Crippen LogP contribution in [0.4, 0.5) is 0 Å². The van der Waals surface area contributed by atoms with Crippen molar-refractivity contribution in [2.75, 3.05) is 0 Å². The van der Waals surface area contributed by atoms with Gasteiger partial charge in [-0.15, -0.1) is 0 Å². The highest BCUT2D eigenvalue weighted by Crippen LogP contribution is 2.44. The zero-order valence-electron chi connectivity index (χ0n) is 22.4. The minimum absolute atomic E-state index is 0.955. The fourth-order valence-electron chi connectivity index (χ4n) is 6.10. The number of benzene rings is 6. The normalized spacial score (nSPS) is 11.4. The van der Waals surface area contributed by atoms with Gasteiger partial charge in [0.05, 0.1) is 5.69 Å². The number of imidazole rings is 1. The van der Waals surface area contributed by atoms with Gasteiger partial charge in [0.1, 0.15) is 5.65 Å². The number of fused-ring (bicyclic) bond motifs is 3. The lowest BCUT2D eigenvalue weighted by molar-refractivity contribution is 1.19. The van der Waals surface area contributed by atoms with E-state index in [-0.39, 0.29) is 0 Å². The smallest absolute Gasteiger partial charge is 0.137 e. The van der Waals surface area contributed by atoms with E-state index in [0.29, 0.717) is 0 Å². The summed E-state index contributed by atoms with van der Waals surface area (Å²) in [4.78, 5) is 4.80. The molecule has 0 radical (unpaired) electrons. The summed E-state index contributed by atoms with van der Waals surface area (Å²) < 4.78 is 2.06. The molecule has 0 unspecified atom stereocenters. The Morgan fingerprint density at radius 2 is 0.927 bits per heavy atom. The zero-order valence-corrected chi connectivity index (χ0v) is 22.4. The maximum Gasteiger partial charge on any atom is 0.137 e. The third-order valence-corrected chi connectivity index (χ3v) is 8.03. The van der Waals surface area contributed by atoms with Crippen molar-refractivity contribution >= 4 is 27.2 Å². The maximum atomic E-state index is 4.80.